The largest absolute Gasteiger partial charge is 0.350 e. The molecule has 2 heterocycles. The molecule has 0 spiro atoms. The van der Waals surface area contributed by atoms with Crippen LogP contribution in [0.15, 0.2) is 24.3 Å². The number of nitrogens with zero attached hydrogens (tertiary/aromatic N) is 1. The van der Waals surface area contributed by atoms with E-state index in [0.717, 1.165) is 24.0 Å². The second kappa shape index (κ2) is 11.3. The number of nitrogens with one attached hydrogen (secondary N) is 3. The second-order valence-corrected chi connectivity index (χ2v) is 10.3. The first-order valence-corrected chi connectivity index (χ1v) is 12.7. The summed E-state index contributed by atoms with van der Waals surface area (Å²) >= 11 is 0. The van der Waals surface area contributed by atoms with Crippen LogP contribution in [0.25, 0.3) is 0 Å². The molecule has 3 amide bonds. The summed E-state index contributed by atoms with van der Waals surface area (Å²) in [6.07, 6.45) is 1.97. The molecule has 7 nitrogen and oxygen atoms in total. The molecule has 3 atom stereocenters. The lowest BCUT2D eigenvalue weighted by Crippen LogP contribution is -2.47. The lowest BCUT2D eigenvalue weighted by atomic mass is 10.1. The van der Waals surface area contributed by atoms with Gasteiger partial charge in [0.15, 0.2) is 0 Å². The van der Waals surface area contributed by atoms with Crippen molar-refractivity contribution in [2.45, 2.75) is 70.1 Å². The zero-order valence-corrected chi connectivity index (χ0v) is 21.1. The molecule has 37 heavy (non-hydrogen) atoms. The van der Waals surface area contributed by atoms with Gasteiger partial charge in [0, 0.05) is 43.0 Å². The number of carbonyl (C=O) groups is 3. The van der Waals surface area contributed by atoms with Crippen molar-refractivity contribution in [2.24, 2.45) is 11.8 Å². The monoisotopic (exact) mass is 510 g/mol. The predicted molar refractivity (Wildman–Crippen MR) is 134 cm³/mol. The molecular formula is C28H32F2N4O3. The smallest absolute Gasteiger partial charge is 0.262 e. The quantitative estimate of drug-likeness (QED) is 0.510. The van der Waals surface area contributed by atoms with E-state index in [9.17, 15) is 23.2 Å². The number of halogens is 2. The molecule has 0 unspecified atom stereocenters. The third-order valence-electron chi connectivity index (χ3n) is 6.70. The molecule has 9 heteroatoms. The van der Waals surface area contributed by atoms with Crippen molar-refractivity contribution < 1.29 is 23.2 Å². The van der Waals surface area contributed by atoms with E-state index in [1.165, 1.54) is 4.90 Å². The van der Waals surface area contributed by atoms with Gasteiger partial charge in [-0.1, -0.05) is 37.8 Å². The molecule has 1 saturated carbocycles. The van der Waals surface area contributed by atoms with Crippen LogP contribution in [0.5, 0.6) is 0 Å². The molecule has 3 fully saturated rings. The van der Waals surface area contributed by atoms with Crippen molar-refractivity contribution in [3.05, 3.63) is 35.4 Å². The van der Waals surface area contributed by atoms with Gasteiger partial charge in [0.05, 0.1) is 12.6 Å². The van der Waals surface area contributed by atoms with Crippen LogP contribution >= 0.6 is 0 Å². The maximum Gasteiger partial charge on any atom is 0.262 e. The first kappa shape index (κ1) is 26.6. The fourth-order valence-electron chi connectivity index (χ4n) is 4.45. The molecule has 0 aromatic heterocycles. The molecule has 0 bridgehead atoms. The molecule has 2 aliphatic heterocycles. The zero-order valence-electron chi connectivity index (χ0n) is 21.1. The van der Waals surface area contributed by atoms with E-state index in [4.69, 9.17) is 0 Å². The van der Waals surface area contributed by atoms with E-state index in [1.807, 2.05) is 24.3 Å². The number of hydrogen-bond acceptors (Lipinski definition) is 4. The molecule has 196 valence electrons. The maximum absolute atomic E-state index is 13.5. The van der Waals surface area contributed by atoms with Gasteiger partial charge >= 0.3 is 0 Å². The Kier molecular flexibility index (Phi) is 8.14. The average Bonchev–Trinajstić information content (AvgIpc) is 3.48. The van der Waals surface area contributed by atoms with Crippen LogP contribution in [0.1, 0.15) is 50.7 Å². The number of rotatable bonds is 6. The van der Waals surface area contributed by atoms with Crippen molar-refractivity contribution in [1.82, 2.24) is 20.9 Å². The highest BCUT2D eigenvalue weighted by atomic mass is 19.3. The Morgan fingerprint density at radius 1 is 1.14 bits per heavy atom. The van der Waals surface area contributed by atoms with Crippen molar-refractivity contribution in [3.8, 4) is 23.7 Å². The Morgan fingerprint density at radius 2 is 1.86 bits per heavy atom. The summed E-state index contributed by atoms with van der Waals surface area (Å²) in [6.45, 7) is 3.37. The first-order chi connectivity index (χ1) is 17.6. The van der Waals surface area contributed by atoms with Gasteiger partial charge in [-0.15, -0.1) is 0 Å². The highest BCUT2D eigenvalue weighted by molar-refractivity contribution is 5.89. The molecule has 1 aliphatic carbocycles. The highest BCUT2D eigenvalue weighted by Gasteiger charge is 2.45. The molecule has 3 N–H and O–H groups in total. The van der Waals surface area contributed by atoms with Crippen LogP contribution in [0.3, 0.4) is 0 Å². The molecule has 2 saturated heterocycles. The highest BCUT2D eigenvalue weighted by Crippen LogP contribution is 2.27. The van der Waals surface area contributed by atoms with Gasteiger partial charge in [-0.25, -0.2) is 8.78 Å². The summed E-state index contributed by atoms with van der Waals surface area (Å²) in [5.74, 6) is 8.02. The summed E-state index contributed by atoms with van der Waals surface area (Å²) in [7, 11) is 0. The van der Waals surface area contributed by atoms with Gasteiger partial charge in [-0.05, 0) is 48.8 Å². The van der Waals surface area contributed by atoms with Gasteiger partial charge < -0.3 is 15.5 Å². The van der Waals surface area contributed by atoms with Crippen molar-refractivity contribution >= 4 is 17.7 Å². The lowest BCUT2D eigenvalue weighted by Gasteiger charge is -2.25. The van der Waals surface area contributed by atoms with Gasteiger partial charge in [0.2, 0.25) is 17.7 Å². The van der Waals surface area contributed by atoms with Gasteiger partial charge in [-0.2, -0.15) is 0 Å². The van der Waals surface area contributed by atoms with Crippen LogP contribution in [0.4, 0.5) is 8.78 Å². The van der Waals surface area contributed by atoms with Crippen LogP contribution in [0.2, 0.25) is 0 Å². The van der Waals surface area contributed by atoms with Crippen LogP contribution in [-0.4, -0.2) is 59.8 Å². The maximum atomic E-state index is 13.5. The number of hydrogen-bond donors (Lipinski definition) is 3. The minimum atomic E-state index is -2.92. The van der Waals surface area contributed by atoms with Crippen LogP contribution in [0, 0.1) is 35.5 Å². The summed E-state index contributed by atoms with van der Waals surface area (Å²) in [6, 6.07) is 5.23. The number of alkyl halides is 2. The third kappa shape index (κ3) is 7.30. The van der Waals surface area contributed by atoms with Gasteiger partial charge in [0.25, 0.3) is 5.92 Å². The van der Waals surface area contributed by atoms with E-state index >= 15 is 0 Å². The molecule has 1 aromatic rings. The Labute approximate surface area is 216 Å². The topological polar surface area (TPSA) is 90.5 Å². The molecule has 3 aliphatic rings. The van der Waals surface area contributed by atoms with E-state index in [1.54, 1.807) is 13.8 Å². The SMILES string of the molecule is CC(C)C(=O)N1C[C@H](NC(=O)[C@@H]2CC(F)(F)CN2)C[C@@H]1C(=O)NCc1ccc(C#CC#CC2CC2)cc1. The van der Waals surface area contributed by atoms with Crippen LogP contribution in [-0.2, 0) is 20.9 Å². The van der Waals surface area contributed by atoms with E-state index < -0.39 is 42.9 Å². The molecular weight excluding hydrogens is 478 g/mol. The van der Waals surface area contributed by atoms with Crippen molar-refractivity contribution in [3.63, 3.8) is 0 Å². The van der Waals surface area contributed by atoms with Crippen molar-refractivity contribution in [2.75, 3.05) is 13.1 Å². The zero-order chi connectivity index (χ0) is 26.6. The fourth-order valence-corrected chi connectivity index (χ4v) is 4.45. The Hall–Kier alpha value is -3.43. The molecule has 1 aromatic carbocycles. The van der Waals surface area contributed by atoms with E-state index in [0.29, 0.717) is 5.92 Å². The molecule has 4 rings (SSSR count). The van der Waals surface area contributed by atoms with Gasteiger partial charge in [-0.3, -0.25) is 19.7 Å². The van der Waals surface area contributed by atoms with E-state index in [-0.39, 0.29) is 37.2 Å². The van der Waals surface area contributed by atoms with Crippen LogP contribution < -0.4 is 16.0 Å². The number of likely N-dealkylation sites (tertiary alicyclic amines) is 1. The second-order valence-electron chi connectivity index (χ2n) is 10.3. The normalized spacial score (nSPS) is 24.0. The number of amides is 3. The number of carbonyl (C=O) groups excluding carboxylic acids is 3. The summed E-state index contributed by atoms with van der Waals surface area (Å²) in [5, 5.41) is 8.16. The predicted octanol–water partition coefficient (Wildman–Crippen LogP) is 1.81. The Bertz CT molecular complexity index is 1160. The summed E-state index contributed by atoms with van der Waals surface area (Å²) in [4.78, 5) is 39.8. The fraction of sp³-hybridized carbons (Fsp3) is 0.536. The summed E-state index contributed by atoms with van der Waals surface area (Å²) < 4.78 is 27.0. The summed E-state index contributed by atoms with van der Waals surface area (Å²) in [5.41, 5.74) is 1.71. The number of benzene rings is 1. The average molecular weight is 511 g/mol. The minimum absolute atomic E-state index is 0.154. The lowest BCUT2D eigenvalue weighted by molar-refractivity contribution is -0.140. The molecule has 0 radical (unpaired) electrons. The van der Waals surface area contributed by atoms with Crippen molar-refractivity contribution in [1.29, 1.82) is 0 Å². The van der Waals surface area contributed by atoms with E-state index in [2.05, 4.69) is 39.6 Å². The Balaban J connectivity index is 1.33. The Morgan fingerprint density at radius 3 is 2.49 bits per heavy atom. The standard InChI is InChI=1S/C28H32F2N4O3/c1-18(2)27(37)34-16-22(33-25(35)23-14-28(29,30)17-32-23)13-24(34)26(36)31-15-21-11-9-20(10-12-21)6-4-3-5-19-7-8-19/h9-12,18-19,22-24,32H,7-8,13-17H2,1-2H3,(H,31,36)(H,33,35)/t22-,23+,24-/m1/s1. The third-order valence-corrected chi connectivity index (χ3v) is 6.70. The first-order valence-electron chi connectivity index (χ1n) is 12.7. The minimum Gasteiger partial charge on any atom is -0.350 e. The van der Waals surface area contributed by atoms with Gasteiger partial charge in [0.1, 0.15) is 6.04 Å².